The Kier molecular flexibility index (Phi) is 6.33. The van der Waals surface area contributed by atoms with Gasteiger partial charge in [-0.1, -0.05) is 24.3 Å². The van der Waals surface area contributed by atoms with E-state index in [0.29, 0.717) is 5.56 Å². The SMILES string of the molecule is CCOC(=O)COc1ccccc1/C=C(\C#N)S(=O)(=O)c1cccs1. The third-order valence-electron chi connectivity index (χ3n) is 3.02. The van der Waals surface area contributed by atoms with E-state index in [9.17, 15) is 18.5 Å². The number of allylic oxidation sites excluding steroid dienone is 1. The number of nitriles is 1. The molecule has 0 amide bonds. The van der Waals surface area contributed by atoms with Gasteiger partial charge in [0.25, 0.3) is 0 Å². The van der Waals surface area contributed by atoms with Crippen molar-refractivity contribution in [3.8, 4) is 11.8 Å². The molecule has 0 saturated carbocycles. The van der Waals surface area contributed by atoms with Gasteiger partial charge in [0.05, 0.1) is 6.61 Å². The maximum Gasteiger partial charge on any atom is 0.344 e. The van der Waals surface area contributed by atoms with Crippen LogP contribution in [-0.2, 0) is 19.4 Å². The molecule has 0 aliphatic carbocycles. The van der Waals surface area contributed by atoms with Gasteiger partial charge >= 0.3 is 5.97 Å². The van der Waals surface area contributed by atoms with E-state index < -0.39 is 20.7 Å². The normalized spacial score (nSPS) is 11.6. The molecule has 0 atom stereocenters. The monoisotopic (exact) mass is 377 g/mol. The summed E-state index contributed by atoms with van der Waals surface area (Å²) in [6.45, 7) is 1.61. The van der Waals surface area contributed by atoms with Gasteiger partial charge in [-0.05, 0) is 30.5 Å². The van der Waals surface area contributed by atoms with Crippen LogP contribution in [0.15, 0.2) is 50.9 Å². The van der Waals surface area contributed by atoms with E-state index in [1.165, 1.54) is 12.1 Å². The van der Waals surface area contributed by atoms with Crippen molar-refractivity contribution in [2.24, 2.45) is 0 Å². The van der Waals surface area contributed by atoms with Gasteiger partial charge in [-0.25, -0.2) is 13.2 Å². The lowest BCUT2D eigenvalue weighted by molar-refractivity contribution is -0.145. The van der Waals surface area contributed by atoms with E-state index in [1.807, 2.05) is 0 Å². The van der Waals surface area contributed by atoms with Crippen LogP contribution in [-0.4, -0.2) is 27.6 Å². The van der Waals surface area contributed by atoms with Gasteiger partial charge < -0.3 is 9.47 Å². The van der Waals surface area contributed by atoms with Crippen molar-refractivity contribution in [3.05, 3.63) is 52.2 Å². The van der Waals surface area contributed by atoms with E-state index in [1.54, 1.807) is 48.7 Å². The van der Waals surface area contributed by atoms with Crippen molar-refractivity contribution in [2.75, 3.05) is 13.2 Å². The molecular formula is C17H15NO5S2. The second-order valence-corrected chi connectivity index (χ2v) is 7.78. The number of sulfone groups is 1. The number of ether oxygens (including phenoxy) is 2. The zero-order valence-corrected chi connectivity index (χ0v) is 15.0. The topological polar surface area (TPSA) is 93.5 Å². The van der Waals surface area contributed by atoms with E-state index >= 15 is 0 Å². The zero-order valence-electron chi connectivity index (χ0n) is 13.3. The van der Waals surface area contributed by atoms with Crippen LogP contribution in [0.25, 0.3) is 6.08 Å². The Morgan fingerprint density at radius 2 is 2.04 bits per heavy atom. The highest BCUT2D eigenvalue weighted by molar-refractivity contribution is 7.97. The van der Waals surface area contributed by atoms with Crippen LogP contribution in [0.4, 0.5) is 0 Å². The minimum atomic E-state index is -3.89. The predicted octanol–water partition coefficient (Wildman–Crippen LogP) is 3.03. The molecular weight excluding hydrogens is 362 g/mol. The number of thiophene rings is 1. The number of hydrogen-bond acceptors (Lipinski definition) is 7. The first kappa shape index (κ1) is 18.7. The highest BCUT2D eigenvalue weighted by Crippen LogP contribution is 2.27. The van der Waals surface area contributed by atoms with Crippen molar-refractivity contribution in [3.63, 3.8) is 0 Å². The molecule has 8 heteroatoms. The first-order valence-corrected chi connectivity index (χ1v) is 9.63. The minimum absolute atomic E-state index is 0.0882. The molecule has 0 bridgehead atoms. The van der Waals surface area contributed by atoms with Crippen molar-refractivity contribution in [1.29, 1.82) is 5.26 Å². The molecule has 0 aliphatic rings. The number of nitrogens with zero attached hydrogens (tertiary/aromatic N) is 1. The lowest BCUT2D eigenvalue weighted by Crippen LogP contribution is -2.15. The summed E-state index contributed by atoms with van der Waals surface area (Å²) in [5, 5.41) is 10.9. The Morgan fingerprint density at radius 3 is 2.68 bits per heavy atom. The zero-order chi connectivity index (χ0) is 18.3. The standard InChI is InChI=1S/C17H15NO5S2/c1-2-22-16(19)12-23-15-7-4-3-6-13(15)10-14(11-18)25(20,21)17-8-5-9-24-17/h3-10H,2,12H2,1H3/b14-10+. The summed E-state index contributed by atoms with van der Waals surface area (Å²) < 4.78 is 35.2. The number of hydrogen-bond donors (Lipinski definition) is 0. The molecule has 0 saturated heterocycles. The van der Waals surface area contributed by atoms with Gasteiger partial charge in [0.15, 0.2) is 11.5 Å². The van der Waals surface area contributed by atoms with Gasteiger partial charge in [0.1, 0.15) is 16.0 Å². The Bertz CT molecular complexity index is 909. The molecule has 0 unspecified atom stereocenters. The number of carbonyl (C=O) groups excluding carboxylic acids is 1. The first-order valence-electron chi connectivity index (χ1n) is 7.27. The summed E-state index contributed by atoms with van der Waals surface area (Å²) in [6.07, 6.45) is 1.23. The Hall–Kier alpha value is -2.63. The van der Waals surface area contributed by atoms with Crippen LogP contribution in [0.5, 0.6) is 5.75 Å². The lowest BCUT2D eigenvalue weighted by Gasteiger charge is -2.09. The Morgan fingerprint density at radius 1 is 1.28 bits per heavy atom. The first-order chi connectivity index (χ1) is 12.0. The third kappa shape index (κ3) is 4.68. The molecule has 25 heavy (non-hydrogen) atoms. The van der Waals surface area contributed by atoms with Crippen LogP contribution in [0, 0.1) is 11.3 Å². The molecule has 0 spiro atoms. The average Bonchev–Trinajstić information content (AvgIpc) is 3.14. The predicted molar refractivity (Wildman–Crippen MR) is 93.7 cm³/mol. The Balaban J connectivity index is 2.33. The van der Waals surface area contributed by atoms with Crippen molar-refractivity contribution in [1.82, 2.24) is 0 Å². The van der Waals surface area contributed by atoms with Gasteiger partial charge in [0, 0.05) is 5.56 Å². The molecule has 1 aromatic heterocycles. The molecule has 0 fully saturated rings. The second-order valence-electron chi connectivity index (χ2n) is 4.69. The quantitative estimate of drug-likeness (QED) is 0.544. The number of para-hydroxylation sites is 1. The van der Waals surface area contributed by atoms with Crippen LogP contribution in [0.1, 0.15) is 12.5 Å². The van der Waals surface area contributed by atoms with Crippen molar-refractivity contribution < 1.29 is 22.7 Å². The fourth-order valence-electron chi connectivity index (χ4n) is 1.91. The molecule has 0 N–H and O–H groups in total. The lowest BCUT2D eigenvalue weighted by atomic mass is 10.2. The summed E-state index contributed by atoms with van der Waals surface area (Å²) in [7, 11) is -3.89. The molecule has 0 aliphatic heterocycles. The van der Waals surface area contributed by atoms with Gasteiger partial charge in [0.2, 0.25) is 9.84 Å². The smallest absolute Gasteiger partial charge is 0.344 e. The maximum absolute atomic E-state index is 12.5. The molecule has 130 valence electrons. The summed E-state index contributed by atoms with van der Waals surface area (Å²) in [6, 6.07) is 11.3. The molecule has 6 nitrogen and oxygen atoms in total. The van der Waals surface area contributed by atoms with E-state index in [-0.39, 0.29) is 23.2 Å². The van der Waals surface area contributed by atoms with E-state index in [4.69, 9.17) is 9.47 Å². The van der Waals surface area contributed by atoms with Crippen LogP contribution in [0.2, 0.25) is 0 Å². The highest BCUT2D eigenvalue weighted by atomic mass is 32.2. The van der Waals surface area contributed by atoms with E-state index in [0.717, 1.165) is 11.3 Å². The largest absolute Gasteiger partial charge is 0.481 e. The minimum Gasteiger partial charge on any atom is -0.481 e. The van der Waals surface area contributed by atoms with Crippen LogP contribution in [0.3, 0.4) is 0 Å². The molecule has 1 heterocycles. The average molecular weight is 377 g/mol. The Labute approximate surface area is 149 Å². The fourth-order valence-corrected chi connectivity index (χ4v) is 4.17. The third-order valence-corrected chi connectivity index (χ3v) is 6.08. The second kappa shape index (κ2) is 8.46. The number of carbonyl (C=O) groups is 1. The summed E-state index contributed by atoms with van der Waals surface area (Å²) >= 11 is 1.04. The molecule has 2 rings (SSSR count). The highest BCUT2D eigenvalue weighted by Gasteiger charge is 2.22. The van der Waals surface area contributed by atoms with Crippen LogP contribution >= 0.6 is 11.3 Å². The molecule has 0 radical (unpaired) electrons. The van der Waals surface area contributed by atoms with Crippen LogP contribution < -0.4 is 4.74 Å². The van der Waals surface area contributed by atoms with E-state index in [2.05, 4.69) is 0 Å². The summed E-state index contributed by atoms with van der Waals surface area (Å²) in [5.74, 6) is -0.252. The number of rotatable bonds is 7. The number of benzene rings is 1. The number of esters is 1. The van der Waals surface area contributed by atoms with Gasteiger partial charge in [-0.3, -0.25) is 0 Å². The van der Waals surface area contributed by atoms with Crippen molar-refractivity contribution in [2.45, 2.75) is 11.1 Å². The fraction of sp³-hybridized carbons (Fsp3) is 0.176. The summed E-state index contributed by atoms with van der Waals surface area (Å²) in [5.41, 5.74) is 0.378. The summed E-state index contributed by atoms with van der Waals surface area (Å²) in [4.78, 5) is 11.0. The molecule has 2 aromatic rings. The van der Waals surface area contributed by atoms with Crippen molar-refractivity contribution >= 4 is 33.2 Å². The van der Waals surface area contributed by atoms with Gasteiger partial charge in [-0.15, -0.1) is 11.3 Å². The van der Waals surface area contributed by atoms with Gasteiger partial charge in [-0.2, -0.15) is 5.26 Å². The molecule has 1 aromatic carbocycles. The maximum atomic E-state index is 12.5.